The van der Waals surface area contributed by atoms with Gasteiger partial charge >= 0.3 is 0 Å². The van der Waals surface area contributed by atoms with Crippen LogP contribution in [0, 0.1) is 0 Å². The first-order valence-corrected chi connectivity index (χ1v) is 12.5. The quantitative estimate of drug-likeness (QED) is 0.267. The Balaban J connectivity index is 1.67. The van der Waals surface area contributed by atoms with Crippen molar-refractivity contribution in [3.05, 3.63) is 93.9 Å². The lowest BCUT2D eigenvalue weighted by Crippen LogP contribution is -2.31. The number of halogens is 1. The number of hydrogen-bond donors (Lipinski definition) is 1. The van der Waals surface area contributed by atoms with E-state index in [1.165, 1.54) is 19.1 Å². The Morgan fingerprint density at radius 1 is 0.974 bits per heavy atom. The fraction of sp³-hybridized carbons (Fsp3) is 0.172. The summed E-state index contributed by atoms with van der Waals surface area (Å²) in [5.74, 6) is -1.01. The van der Waals surface area contributed by atoms with Gasteiger partial charge in [0.1, 0.15) is 17.1 Å². The van der Waals surface area contributed by atoms with Gasteiger partial charge in [-0.2, -0.15) is 0 Å². The van der Waals surface area contributed by atoms with E-state index in [-0.39, 0.29) is 11.3 Å². The number of methoxy groups -OCH3 is 2. The third kappa shape index (κ3) is 4.39. The number of amides is 1. The normalized spacial score (nSPS) is 15.3. The molecular weight excluding hydrogens is 552 g/mol. The molecule has 1 amide bonds. The number of carbonyl (C=O) groups excluding carboxylic acids is 2. The fourth-order valence-corrected chi connectivity index (χ4v) is 4.94. The van der Waals surface area contributed by atoms with Crippen molar-refractivity contribution in [2.24, 2.45) is 0 Å². The fourth-order valence-electron chi connectivity index (χ4n) is 4.56. The van der Waals surface area contributed by atoms with Crippen LogP contribution >= 0.6 is 15.9 Å². The Morgan fingerprint density at radius 3 is 2.24 bits per heavy atom. The molecule has 1 unspecified atom stereocenters. The first-order chi connectivity index (χ1) is 18.2. The first-order valence-electron chi connectivity index (χ1n) is 11.7. The lowest BCUT2D eigenvalue weighted by molar-refractivity contribution is -0.117. The van der Waals surface area contributed by atoms with E-state index in [2.05, 4.69) is 15.9 Å². The molecule has 0 aliphatic carbocycles. The monoisotopic (exact) mass is 576 g/mol. The van der Waals surface area contributed by atoms with E-state index < -0.39 is 23.5 Å². The van der Waals surface area contributed by atoms with Gasteiger partial charge in [-0.1, -0.05) is 28.1 Å². The minimum atomic E-state index is -0.928. The minimum absolute atomic E-state index is 0.0208. The Kier molecular flexibility index (Phi) is 6.62. The van der Waals surface area contributed by atoms with Crippen LogP contribution in [0.2, 0.25) is 0 Å². The molecule has 0 fully saturated rings. The summed E-state index contributed by atoms with van der Waals surface area (Å²) in [7, 11) is 6.85. The van der Waals surface area contributed by atoms with Gasteiger partial charge in [0.05, 0.1) is 31.5 Å². The number of rotatable bonds is 7. The Hall–Kier alpha value is -4.24. The van der Waals surface area contributed by atoms with Gasteiger partial charge in [-0.3, -0.25) is 14.5 Å². The predicted octanol–water partition coefficient (Wildman–Crippen LogP) is 6.06. The molecule has 4 aromatic rings. The number of ether oxygens (including phenoxy) is 2. The number of hydrogen-bond acceptors (Lipinski definition) is 7. The molecule has 38 heavy (non-hydrogen) atoms. The summed E-state index contributed by atoms with van der Waals surface area (Å²) in [6, 6.07) is 18.5. The molecule has 0 bridgehead atoms. The maximum atomic E-state index is 13.9. The van der Waals surface area contributed by atoms with Gasteiger partial charge in [-0.15, -0.1) is 0 Å². The highest BCUT2D eigenvalue weighted by Crippen LogP contribution is 2.44. The van der Waals surface area contributed by atoms with E-state index in [0.717, 1.165) is 10.2 Å². The largest absolute Gasteiger partial charge is 0.503 e. The third-order valence-corrected chi connectivity index (χ3v) is 6.99. The molecule has 5 rings (SSSR count). The van der Waals surface area contributed by atoms with Gasteiger partial charge in [0.15, 0.2) is 11.5 Å². The Morgan fingerprint density at radius 2 is 1.63 bits per heavy atom. The molecule has 0 spiro atoms. The molecule has 8 nitrogen and oxygen atoms in total. The summed E-state index contributed by atoms with van der Waals surface area (Å²) in [5, 5.41) is 11.8. The van der Waals surface area contributed by atoms with Crippen LogP contribution in [0.5, 0.6) is 11.5 Å². The SMILES string of the molecule is COc1cc(OC)cc(N2C(=O)C(O)=C(C(=O)c3cc4cc(Br)ccc4o3)C2c2ccc(N(C)C)cc2)c1. The molecule has 1 aliphatic rings. The molecule has 2 heterocycles. The third-order valence-electron chi connectivity index (χ3n) is 6.49. The zero-order chi connectivity index (χ0) is 27.1. The van der Waals surface area contributed by atoms with Crippen molar-refractivity contribution in [3.8, 4) is 11.5 Å². The molecule has 1 aliphatic heterocycles. The number of Topliss-reactive ketones (excluding diaryl/α,β-unsaturated/α-hetero) is 1. The predicted molar refractivity (Wildman–Crippen MR) is 148 cm³/mol. The molecule has 1 aromatic heterocycles. The van der Waals surface area contributed by atoms with Crippen molar-refractivity contribution < 1.29 is 28.6 Å². The minimum Gasteiger partial charge on any atom is -0.503 e. The van der Waals surface area contributed by atoms with Crippen LogP contribution in [0.25, 0.3) is 11.0 Å². The number of ketones is 1. The summed E-state index contributed by atoms with van der Waals surface area (Å²) in [4.78, 5) is 30.8. The van der Waals surface area contributed by atoms with Crippen molar-refractivity contribution in [2.45, 2.75) is 6.04 Å². The van der Waals surface area contributed by atoms with Crippen molar-refractivity contribution in [1.82, 2.24) is 0 Å². The number of benzene rings is 3. The number of furan rings is 1. The highest BCUT2D eigenvalue weighted by atomic mass is 79.9. The maximum absolute atomic E-state index is 13.9. The summed E-state index contributed by atoms with van der Waals surface area (Å²) >= 11 is 3.42. The molecule has 0 saturated carbocycles. The van der Waals surface area contributed by atoms with Crippen LogP contribution in [0.15, 0.2) is 87.0 Å². The number of aliphatic hydroxyl groups is 1. The number of nitrogens with zero attached hydrogens (tertiary/aromatic N) is 2. The van der Waals surface area contributed by atoms with Gasteiger partial charge in [0.25, 0.3) is 5.91 Å². The van der Waals surface area contributed by atoms with Crippen LogP contribution in [0.4, 0.5) is 11.4 Å². The first kappa shape index (κ1) is 25.4. The topological polar surface area (TPSA) is 92.4 Å². The van der Waals surface area contributed by atoms with E-state index in [4.69, 9.17) is 13.9 Å². The second kappa shape index (κ2) is 9.90. The van der Waals surface area contributed by atoms with Gasteiger partial charge in [0, 0.05) is 47.8 Å². The molecule has 3 aromatic carbocycles. The highest BCUT2D eigenvalue weighted by Gasteiger charge is 2.45. The standard InChI is InChI=1S/C29H25BrN2O6/c1-31(2)19-8-5-16(6-9-19)26-25(27(33)24-12-17-11-18(30)7-10-23(17)38-24)28(34)29(35)32(26)20-13-21(36-3)15-22(14-20)37-4/h5-15,26,34H,1-4H3. The van der Waals surface area contributed by atoms with Gasteiger partial charge in [-0.25, -0.2) is 0 Å². The summed E-state index contributed by atoms with van der Waals surface area (Å²) in [6.07, 6.45) is 0. The average molecular weight is 577 g/mol. The number of anilines is 2. The molecular formula is C29H25BrN2O6. The van der Waals surface area contributed by atoms with E-state index in [1.54, 1.807) is 30.3 Å². The van der Waals surface area contributed by atoms with Crippen molar-refractivity contribution >= 4 is 50.0 Å². The Bertz CT molecular complexity index is 1570. The second-order valence-electron chi connectivity index (χ2n) is 9.02. The van der Waals surface area contributed by atoms with E-state index in [0.29, 0.717) is 33.7 Å². The molecule has 1 atom stereocenters. The van der Waals surface area contributed by atoms with Crippen LogP contribution < -0.4 is 19.3 Å². The molecule has 9 heteroatoms. The molecule has 1 N–H and O–H groups in total. The lowest BCUT2D eigenvalue weighted by atomic mass is 9.94. The number of aliphatic hydroxyl groups excluding tert-OH is 1. The molecule has 0 saturated heterocycles. The zero-order valence-corrected chi connectivity index (χ0v) is 22.8. The van der Waals surface area contributed by atoms with Crippen LogP contribution in [0.1, 0.15) is 22.2 Å². The lowest BCUT2D eigenvalue weighted by Gasteiger charge is -2.28. The summed E-state index contributed by atoms with van der Waals surface area (Å²) in [6.45, 7) is 0. The highest BCUT2D eigenvalue weighted by molar-refractivity contribution is 9.10. The molecule has 0 radical (unpaired) electrons. The van der Waals surface area contributed by atoms with Gasteiger partial charge in [0.2, 0.25) is 5.78 Å². The van der Waals surface area contributed by atoms with Crippen LogP contribution in [-0.4, -0.2) is 45.1 Å². The van der Waals surface area contributed by atoms with Crippen LogP contribution in [-0.2, 0) is 4.79 Å². The Labute approximate surface area is 227 Å². The van der Waals surface area contributed by atoms with Gasteiger partial charge < -0.3 is 23.9 Å². The zero-order valence-electron chi connectivity index (χ0n) is 21.2. The second-order valence-corrected chi connectivity index (χ2v) is 9.93. The smallest absolute Gasteiger partial charge is 0.294 e. The van der Waals surface area contributed by atoms with E-state index >= 15 is 0 Å². The maximum Gasteiger partial charge on any atom is 0.294 e. The number of carbonyl (C=O) groups is 2. The van der Waals surface area contributed by atoms with Crippen molar-refractivity contribution in [2.75, 3.05) is 38.1 Å². The van der Waals surface area contributed by atoms with E-state index in [1.807, 2.05) is 55.4 Å². The number of fused-ring (bicyclic) bond motifs is 1. The van der Waals surface area contributed by atoms with Crippen molar-refractivity contribution in [3.63, 3.8) is 0 Å². The van der Waals surface area contributed by atoms with Gasteiger partial charge in [-0.05, 0) is 42.0 Å². The van der Waals surface area contributed by atoms with E-state index in [9.17, 15) is 14.7 Å². The van der Waals surface area contributed by atoms with Crippen molar-refractivity contribution in [1.29, 1.82) is 0 Å². The summed E-state index contributed by atoms with van der Waals surface area (Å²) in [5.41, 5.74) is 2.42. The van der Waals surface area contributed by atoms with Crippen LogP contribution in [0.3, 0.4) is 0 Å². The summed E-state index contributed by atoms with van der Waals surface area (Å²) < 4.78 is 17.5. The average Bonchev–Trinajstić information content (AvgIpc) is 3.46. The molecule has 194 valence electrons.